The first-order valence-corrected chi connectivity index (χ1v) is 8.20. The quantitative estimate of drug-likeness (QED) is 0.849. The molecule has 3 aliphatic carbocycles. The minimum Gasteiger partial charge on any atom is -0.497 e. The summed E-state index contributed by atoms with van der Waals surface area (Å²) in [5, 5.41) is 10.6. The molecule has 1 saturated carbocycles. The number of allylic oxidation sites excluding steroid dienone is 2. The van der Waals surface area contributed by atoms with Gasteiger partial charge in [0.1, 0.15) is 5.75 Å². The normalized spacial score (nSPS) is 37.3. The van der Waals surface area contributed by atoms with Gasteiger partial charge in [-0.05, 0) is 85.6 Å². The van der Waals surface area contributed by atoms with Gasteiger partial charge in [0.15, 0.2) is 0 Å². The molecule has 4 atom stereocenters. The summed E-state index contributed by atoms with van der Waals surface area (Å²) in [6.07, 6.45) is 7.97. The molecule has 0 saturated heterocycles. The second kappa shape index (κ2) is 4.61. The van der Waals surface area contributed by atoms with Crippen LogP contribution in [0.25, 0.3) is 5.57 Å². The average Bonchev–Trinajstić information content (AvgIpc) is 2.82. The van der Waals surface area contributed by atoms with Crippen molar-refractivity contribution in [3.05, 3.63) is 35.4 Å². The average molecular weight is 284 g/mol. The highest BCUT2D eigenvalue weighted by Gasteiger charge is 2.49. The molecule has 0 aromatic heterocycles. The van der Waals surface area contributed by atoms with Crippen LogP contribution in [0.2, 0.25) is 0 Å². The maximum Gasteiger partial charge on any atom is 0.119 e. The second-order valence-corrected chi connectivity index (χ2v) is 7.23. The lowest BCUT2D eigenvalue weighted by Crippen LogP contribution is -2.37. The molecule has 1 aromatic rings. The fourth-order valence-corrected chi connectivity index (χ4v) is 5.03. The predicted molar refractivity (Wildman–Crippen MR) is 84.2 cm³/mol. The van der Waals surface area contributed by atoms with Gasteiger partial charge in [0.25, 0.3) is 0 Å². The number of benzene rings is 1. The number of ether oxygens (including phenoxy) is 1. The largest absolute Gasteiger partial charge is 0.497 e. The molecule has 0 spiro atoms. The van der Waals surface area contributed by atoms with Crippen molar-refractivity contribution in [1.82, 2.24) is 0 Å². The third-order valence-corrected chi connectivity index (χ3v) is 6.16. The molecule has 1 unspecified atom stereocenters. The Hall–Kier alpha value is -1.28. The van der Waals surface area contributed by atoms with Crippen LogP contribution < -0.4 is 4.74 Å². The smallest absolute Gasteiger partial charge is 0.119 e. The van der Waals surface area contributed by atoms with E-state index < -0.39 is 5.60 Å². The summed E-state index contributed by atoms with van der Waals surface area (Å²) < 4.78 is 5.36. The lowest BCUT2D eigenvalue weighted by atomic mass is 9.65. The van der Waals surface area contributed by atoms with Gasteiger partial charge in [-0.2, -0.15) is 0 Å². The van der Waals surface area contributed by atoms with Gasteiger partial charge in [0.2, 0.25) is 0 Å². The first kappa shape index (κ1) is 13.4. The molecule has 112 valence electrons. The summed E-state index contributed by atoms with van der Waals surface area (Å²) in [4.78, 5) is 0. The number of hydrogen-bond donors (Lipinski definition) is 1. The summed E-state index contributed by atoms with van der Waals surface area (Å²) >= 11 is 0. The Morgan fingerprint density at radius 1 is 1.29 bits per heavy atom. The lowest BCUT2D eigenvalue weighted by molar-refractivity contribution is 0.00489. The van der Waals surface area contributed by atoms with Gasteiger partial charge in [0.05, 0.1) is 12.7 Å². The Labute approximate surface area is 126 Å². The fourth-order valence-electron chi connectivity index (χ4n) is 5.03. The molecule has 1 aromatic carbocycles. The van der Waals surface area contributed by atoms with Crippen LogP contribution >= 0.6 is 0 Å². The minimum absolute atomic E-state index is 0.452. The van der Waals surface area contributed by atoms with E-state index in [1.165, 1.54) is 29.5 Å². The minimum atomic E-state index is -0.452. The third-order valence-electron chi connectivity index (χ3n) is 6.16. The maximum absolute atomic E-state index is 10.6. The Balaban J connectivity index is 1.73. The van der Waals surface area contributed by atoms with Gasteiger partial charge < -0.3 is 9.84 Å². The van der Waals surface area contributed by atoms with Crippen LogP contribution in [0, 0.1) is 17.8 Å². The number of aryl methyl sites for hydroxylation is 1. The SMILES string of the molecule is COc1ccc2c(c1)CC[C@H]1C2=CCC2[C@@H]1CC[C@]2(C)O. The van der Waals surface area contributed by atoms with E-state index in [0.29, 0.717) is 17.8 Å². The summed E-state index contributed by atoms with van der Waals surface area (Å²) in [6, 6.07) is 6.52. The van der Waals surface area contributed by atoms with Gasteiger partial charge in [-0.25, -0.2) is 0 Å². The first-order chi connectivity index (χ1) is 10.1. The van der Waals surface area contributed by atoms with Gasteiger partial charge >= 0.3 is 0 Å². The number of fused-ring (bicyclic) bond motifs is 5. The van der Waals surface area contributed by atoms with E-state index >= 15 is 0 Å². The van der Waals surface area contributed by atoms with Crippen LogP contribution in [0.1, 0.15) is 43.7 Å². The summed E-state index contributed by atoms with van der Waals surface area (Å²) in [5.74, 6) is 2.75. The number of aliphatic hydroxyl groups is 1. The van der Waals surface area contributed by atoms with E-state index in [4.69, 9.17) is 4.74 Å². The molecule has 21 heavy (non-hydrogen) atoms. The number of rotatable bonds is 1. The van der Waals surface area contributed by atoms with Crippen molar-refractivity contribution in [3.8, 4) is 5.75 Å². The predicted octanol–water partition coefficient (Wildman–Crippen LogP) is 3.82. The zero-order chi connectivity index (χ0) is 14.6. The highest BCUT2D eigenvalue weighted by Crippen LogP contribution is 2.55. The molecule has 0 heterocycles. The molecule has 1 N–H and O–H groups in total. The topological polar surface area (TPSA) is 29.5 Å². The van der Waals surface area contributed by atoms with Crippen molar-refractivity contribution in [3.63, 3.8) is 0 Å². The highest BCUT2D eigenvalue weighted by molar-refractivity contribution is 5.73. The van der Waals surface area contributed by atoms with Gasteiger partial charge in [-0.15, -0.1) is 0 Å². The lowest BCUT2D eigenvalue weighted by Gasteiger charge is -2.41. The van der Waals surface area contributed by atoms with Crippen LogP contribution in [0.15, 0.2) is 24.3 Å². The van der Waals surface area contributed by atoms with E-state index in [9.17, 15) is 5.11 Å². The van der Waals surface area contributed by atoms with Crippen molar-refractivity contribution >= 4 is 5.57 Å². The number of methoxy groups -OCH3 is 1. The van der Waals surface area contributed by atoms with Gasteiger partial charge in [0, 0.05) is 0 Å². The summed E-state index contributed by atoms with van der Waals surface area (Å²) in [7, 11) is 1.73. The van der Waals surface area contributed by atoms with Crippen LogP contribution in [0.4, 0.5) is 0 Å². The van der Waals surface area contributed by atoms with E-state index in [0.717, 1.165) is 25.0 Å². The standard InChI is InChI=1S/C19H24O2/c1-19(20)10-9-17-16-5-3-12-11-13(21-2)4-6-14(12)15(16)7-8-18(17)19/h4,6-7,11,16-18,20H,3,5,8-10H2,1-2H3/t16-,17+,18?,19-/m0/s1. The number of hydrogen-bond acceptors (Lipinski definition) is 2. The van der Waals surface area contributed by atoms with Crippen LogP contribution in [0.5, 0.6) is 5.75 Å². The van der Waals surface area contributed by atoms with Crippen molar-refractivity contribution < 1.29 is 9.84 Å². The van der Waals surface area contributed by atoms with Crippen LogP contribution in [0.3, 0.4) is 0 Å². The maximum atomic E-state index is 10.6. The van der Waals surface area contributed by atoms with Crippen molar-refractivity contribution in [1.29, 1.82) is 0 Å². The monoisotopic (exact) mass is 284 g/mol. The molecule has 3 aliphatic rings. The second-order valence-electron chi connectivity index (χ2n) is 7.23. The third kappa shape index (κ3) is 1.96. The molecule has 4 rings (SSSR count). The molecular weight excluding hydrogens is 260 g/mol. The Bertz CT molecular complexity index is 600. The molecule has 0 bridgehead atoms. The molecule has 0 aliphatic heterocycles. The first-order valence-electron chi connectivity index (χ1n) is 8.20. The van der Waals surface area contributed by atoms with Crippen molar-refractivity contribution in [2.24, 2.45) is 17.8 Å². The summed E-state index contributed by atoms with van der Waals surface area (Å²) in [5.41, 5.74) is 3.95. The highest BCUT2D eigenvalue weighted by atomic mass is 16.5. The molecular formula is C19H24O2. The molecule has 2 nitrogen and oxygen atoms in total. The molecule has 1 fully saturated rings. The van der Waals surface area contributed by atoms with E-state index in [1.54, 1.807) is 7.11 Å². The van der Waals surface area contributed by atoms with Crippen LogP contribution in [-0.2, 0) is 6.42 Å². The molecule has 0 radical (unpaired) electrons. The Morgan fingerprint density at radius 3 is 2.95 bits per heavy atom. The Kier molecular flexibility index (Phi) is 2.94. The van der Waals surface area contributed by atoms with E-state index in [2.05, 4.69) is 24.3 Å². The van der Waals surface area contributed by atoms with Crippen molar-refractivity contribution in [2.75, 3.05) is 7.11 Å². The van der Waals surface area contributed by atoms with E-state index in [1.807, 2.05) is 6.92 Å². The van der Waals surface area contributed by atoms with Gasteiger partial charge in [-0.1, -0.05) is 12.1 Å². The van der Waals surface area contributed by atoms with Crippen LogP contribution in [-0.4, -0.2) is 17.8 Å². The molecule has 2 heteroatoms. The Morgan fingerprint density at radius 2 is 2.14 bits per heavy atom. The fraction of sp³-hybridized carbons (Fsp3) is 0.579. The van der Waals surface area contributed by atoms with E-state index in [-0.39, 0.29) is 0 Å². The van der Waals surface area contributed by atoms with Gasteiger partial charge in [-0.3, -0.25) is 0 Å². The zero-order valence-electron chi connectivity index (χ0n) is 12.9. The molecule has 0 amide bonds. The van der Waals surface area contributed by atoms with Crippen molar-refractivity contribution in [2.45, 2.75) is 44.6 Å². The summed E-state index contributed by atoms with van der Waals surface area (Å²) in [6.45, 7) is 2.04. The zero-order valence-corrected chi connectivity index (χ0v) is 12.9.